The number of likely N-dealkylation sites (tertiary alicyclic amines) is 1. The first kappa shape index (κ1) is 11.2. The number of nitrogens with zero attached hydrogens (tertiary/aromatic N) is 1. The second-order valence-corrected chi connectivity index (χ2v) is 5.67. The van der Waals surface area contributed by atoms with Gasteiger partial charge in [0.1, 0.15) is 0 Å². The molecule has 2 heteroatoms. The van der Waals surface area contributed by atoms with E-state index < -0.39 is 0 Å². The number of rotatable bonds is 3. The number of benzene rings is 1. The molecule has 2 aliphatic rings. The summed E-state index contributed by atoms with van der Waals surface area (Å²) in [7, 11) is 0. The van der Waals surface area contributed by atoms with Gasteiger partial charge in [0.05, 0.1) is 0 Å². The molecule has 2 aliphatic heterocycles. The molecule has 2 heterocycles. The van der Waals surface area contributed by atoms with Gasteiger partial charge in [-0.2, -0.15) is 0 Å². The molecule has 0 amide bonds. The number of fused-ring (bicyclic) bond motifs is 1. The predicted molar refractivity (Wildman–Crippen MR) is 71.0 cm³/mol. The van der Waals surface area contributed by atoms with Crippen LogP contribution in [0.15, 0.2) is 30.3 Å². The van der Waals surface area contributed by atoms with Crippen LogP contribution in [0.5, 0.6) is 0 Å². The summed E-state index contributed by atoms with van der Waals surface area (Å²) in [6.45, 7) is 7.44. The summed E-state index contributed by atoms with van der Waals surface area (Å²) in [6, 6.07) is 11.6. The van der Waals surface area contributed by atoms with Gasteiger partial charge in [0, 0.05) is 19.1 Å². The fraction of sp³-hybridized carbons (Fsp3) is 0.600. The molecule has 1 aromatic rings. The molecule has 3 rings (SSSR count). The number of hydrogen-bond donors (Lipinski definition) is 1. The minimum absolute atomic E-state index is 0.683. The predicted octanol–water partition coefficient (Wildman–Crippen LogP) is 1.77. The maximum Gasteiger partial charge on any atom is 0.0108 e. The van der Waals surface area contributed by atoms with Gasteiger partial charge in [-0.25, -0.2) is 0 Å². The second kappa shape index (κ2) is 4.79. The van der Waals surface area contributed by atoms with E-state index in [2.05, 4.69) is 47.5 Å². The van der Waals surface area contributed by atoms with Crippen molar-refractivity contribution in [1.29, 1.82) is 0 Å². The summed E-state index contributed by atoms with van der Waals surface area (Å²) in [6.07, 6.45) is 1.19. The Balaban J connectivity index is 1.58. The smallest absolute Gasteiger partial charge is 0.0108 e. The van der Waals surface area contributed by atoms with Crippen molar-refractivity contribution in [2.24, 2.45) is 11.8 Å². The highest BCUT2D eigenvalue weighted by atomic mass is 15.2. The van der Waals surface area contributed by atoms with Gasteiger partial charge in [-0.3, -0.25) is 4.90 Å². The largest absolute Gasteiger partial charge is 0.316 e. The van der Waals surface area contributed by atoms with Crippen LogP contribution in [-0.4, -0.2) is 37.1 Å². The molecule has 0 bridgehead atoms. The summed E-state index contributed by atoms with van der Waals surface area (Å²) in [5, 5.41) is 3.51. The molecular weight excluding hydrogens is 208 g/mol. The second-order valence-electron chi connectivity index (χ2n) is 5.67. The quantitative estimate of drug-likeness (QED) is 0.851. The van der Waals surface area contributed by atoms with Crippen LogP contribution in [0.25, 0.3) is 0 Å². The number of nitrogens with one attached hydrogen (secondary N) is 1. The third-order valence-electron chi connectivity index (χ3n) is 4.42. The summed E-state index contributed by atoms with van der Waals surface area (Å²) in [5.74, 6) is 1.82. The van der Waals surface area contributed by atoms with Crippen molar-refractivity contribution in [3.63, 3.8) is 0 Å². The first-order valence-electron chi connectivity index (χ1n) is 6.81. The Labute approximate surface area is 104 Å². The van der Waals surface area contributed by atoms with Gasteiger partial charge < -0.3 is 5.32 Å². The lowest BCUT2D eigenvalue weighted by molar-refractivity contribution is 0.239. The van der Waals surface area contributed by atoms with Crippen LogP contribution in [-0.2, 0) is 6.42 Å². The zero-order valence-electron chi connectivity index (χ0n) is 10.6. The van der Waals surface area contributed by atoms with Gasteiger partial charge in [0.25, 0.3) is 0 Å². The highest BCUT2D eigenvalue weighted by Gasteiger charge is 2.37. The lowest BCUT2D eigenvalue weighted by atomic mass is 10.0. The first-order chi connectivity index (χ1) is 8.33. The van der Waals surface area contributed by atoms with E-state index in [9.17, 15) is 0 Å². The van der Waals surface area contributed by atoms with Crippen molar-refractivity contribution in [2.75, 3.05) is 26.2 Å². The van der Waals surface area contributed by atoms with Crippen molar-refractivity contribution < 1.29 is 0 Å². The summed E-state index contributed by atoms with van der Waals surface area (Å²) >= 11 is 0. The molecule has 1 aromatic carbocycles. The van der Waals surface area contributed by atoms with Crippen LogP contribution in [0.2, 0.25) is 0 Å². The van der Waals surface area contributed by atoms with Crippen LogP contribution in [0.4, 0.5) is 0 Å². The van der Waals surface area contributed by atoms with E-state index in [0.29, 0.717) is 6.04 Å². The number of hydrogen-bond acceptors (Lipinski definition) is 2. The Hall–Kier alpha value is -0.860. The minimum atomic E-state index is 0.683. The Bertz CT molecular complexity index is 350. The van der Waals surface area contributed by atoms with E-state index >= 15 is 0 Å². The van der Waals surface area contributed by atoms with Gasteiger partial charge >= 0.3 is 0 Å². The Morgan fingerprint density at radius 2 is 1.82 bits per heavy atom. The lowest BCUT2D eigenvalue weighted by Crippen LogP contribution is -2.35. The van der Waals surface area contributed by atoms with Crippen LogP contribution in [0.1, 0.15) is 12.5 Å². The maximum atomic E-state index is 3.51. The van der Waals surface area contributed by atoms with Gasteiger partial charge in [-0.15, -0.1) is 0 Å². The van der Waals surface area contributed by atoms with Crippen molar-refractivity contribution >= 4 is 0 Å². The van der Waals surface area contributed by atoms with Crippen molar-refractivity contribution in [2.45, 2.75) is 19.4 Å². The molecule has 17 heavy (non-hydrogen) atoms. The van der Waals surface area contributed by atoms with Crippen molar-refractivity contribution in [1.82, 2.24) is 10.2 Å². The average molecular weight is 230 g/mol. The molecular formula is C15H22N2. The average Bonchev–Trinajstić information content (AvgIpc) is 2.90. The summed E-state index contributed by atoms with van der Waals surface area (Å²) in [5.41, 5.74) is 1.47. The van der Waals surface area contributed by atoms with Gasteiger partial charge in [-0.1, -0.05) is 30.3 Å². The summed E-state index contributed by atoms with van der Waals surface area (Å²) < 4.78 is 0. The van der Waals surface area contributed by atoms with Gasteiger partial charge in [-0.05, 0) is 43.8 Å². The normalized spacial score (nSPS) is 30.4. The molecule has 0 radical (unpaired) electrons. The minimum Gasteiger partial charge on any atom is -0.316 e. The van der Waals surface area contributed by atoms with Crippen LogP contribution in [0.3, 0.4) is 0 Å². The molecule has 3 unspecified atom stereocenters. The van der Waals surface area contributed by atoms with E-state index in [1.165, 1.54) is 38.2 Å². The fourth-order valence-electron chi connectivity index (χ4n) is 3.34. The first-order valence-corrected chi connectivity index (χ1v) is 6.81. The monoisotopic (exact) mass is 230 g/mol. The van der Waals surface area contributed by atoms with Gasteiger partial charge in [0.15, 0.2) is 0 Å². The van der Waals surface area contributed by atoms with E-state index in [0.717, 1.165) is 11.8 Å². The van der Waals surface area contributed by atoms with Crippen LogP contribution >= 0.6 is 0 Å². The standard InChI is InChI=1S/C15H22N2/c1-12(7-13-5-3-2-4-6-13)17-10-14-8-16-9-15(14)11-17/h2-6,12,14-16H,7-11H2,1H3. The molecule has 0 saturated carbocycles. The van der Waals surface area contributed by atoms with E-state index in [4.69, 9.17) is 0 Å². The molecule has 2 nitrogen and oxygen atoms in total. The Morgan fingerprint density at radius 3 is 2.47 bits per heavy atom. The van der Waals surface area contributed by atoms with E-state index in [1.807, 2.05) is 0 Å². The zero-order valence-corrected chi connectivity index (χ0v) is 10.6. The topological polar surface area (TPSA) is 15.3 Å². The van der Waals surface area contributed by atoms with Crippen molar-refractivity contribution in [3.8, 4) is 0 Å². The Morgan fingerprint density at radius 1 is 1.18 bits per heavy atom. The molecule has 0 spiro atoms. The molecule has 0 aliphatic carbocycles. The summed E-state index contributed by atoms with van der Waals surface area (Å²) in [4.78, 5) is 2.68. The molecule has 2 saturated heterocycles. The lowest BCUT2D eigenvalue weighted by Gasteiger charge is -2.25. The maximum absolute atomic E-state index is 3.51. The zero-order chi connectivity index (χ0) is 11.7. The molecule has 0 aromatic heterocycles. The third kappa shape index (κ3) is 2.38. The molecule has 3 atom stereocenters. The Kier molecular flexibility index (Phi) is 3.17. The fourth-order valence-corrected chi connectivity index (χ4v) is 3.34. The van der Waals surface area contributed by atoms with Crippen LogP contribution in [0, 0.1) is 11.8 Å². The molecule has 2 fully saturated rings. The SMILES string of the molecule is CC(Cc1ccccc1)N1CC2CNCC2C1. The van der Waals surface area contributed by atoms with Crippen molar-refractivity contribution in [3.05, 3.63) is 35.9 Å². The highest BCUT2D eigenvalue weighted by molar-refractivity contribution is 5.16. The van der Waals surface area contributed by atoms with E-state index in [-0.39, 0.29) is 0 Å². The van der Waals surface area contributed by atoms with Gasteiger partial charge in [0.2, 0.25) is 0 Å². The third-order valence-corrected chi connectivity index (χ3v) is 4.42. The highest BCUT2D eigenvalue weighted by Crippen LogP contribution is 2.28. The molecule has 92 valence electrons. The molecule has 1 N–H and O–H groups in total. The van der Waals surface area contributed by atoms with Crippen LogP contribution < -0.4 is 5.32 Å². The van der Waals surface area contributed by atoms with E-state index in [1.54, 1.807) is 0 Å².